The average Bonchev–Trinajstić information content (AvgIpc) is 2.66. The Hall–Kier alpha value is -3.14. The maximum atomic E-state index is 13.1. The molecule has 0 aliphatic carbocycles. The number of carbonyl (C=O) groups is 1. The van der Waals surface area contributed by atoms with Crippen molar-refractivity contribution in [2.75, 3.05) is 24.6 Å². The maximum Gasteiger partial charge on any atom is 0.326 e. The molecule has 2 rings (SSSR count). The molecular weight excluding hydrogens is 376 g/mol. The van der Waals surface area contributed by atoms with E-state index < -0.39 is 27.5 Å². The molecule has 0 aliphatic rings. The van der Waals surface area contributed by atoms with Crippen LogP contribution in [0, 0.1) is 10.1 Å². The minimum Gasteiger partial charge on any atom is -0.497 e. The number of esters is 1. The molecule has 0 aromatic heterocycles. The van der Waals surface area contributed by atoms with Gasteiger partial charge in [0.2, 0.25) is 0 Å². The van der Waals surface area contributed by atoms with Crippen LogP contribution in [0.15, 0.2) is 53.4 Å². The summed E-state index contributed by atoms with van der Waals surface area (Å²) in [6, 6.07) is 10.6. The number of ether oxygens (including phenoxy) is 2. The first kappa shape index (κ1) is 20.2. The number of hydrogen-bond acceptors (Lipinski definition) is 7. The Morgan fingerprint density at radius 2 is 1.85 bits per heavy atom. The van der Waals surface area contributed by atoms with Gasteiger partial charge in [0.15, 0.2) is 0 Å². The van der Waals surface area contributed by atoms with Crippen LogP contribution < -0.4 is 9.04 Å². The van der Waals surface area contributed by atoms with Crippen molar-refractivity contribution in [1.82, 2.24) is 0 Å². The summed E-state index contributed by atoms with van der Waals surface area (Å²) in [5.41, 5.74) is -0.320. The number of nitro groups is 1. The Balaban J connectivity index is 2.52. The van der Waals surface area contributed by atoms with Crippen LogP contribution in [0.25, 0.3) is 0 Å². The number of sulfonamides is 1. The normalized spacial score (nSPS) is 10.9. The van der Waals surface area contributed by atoms with E-state index in [4.69, 9.17) is 9.47 Å². The predicted molar refractivity (Wildman–Crippen MR) is 97.3 cm³/mol. The van der Waals surface area contributed by atoms with Gasteiger partial charge in [-0.1, -0.05) is 6.07 Å². The monoisotopic (exact) mass is 394 g/mol. The van der Waals surface area contributed by atoms with Gasteiger partial charge in [-0.3, -0.25) is 19.2 Å². The third kappa shape index (κ3) is 4.73. The number of carbonyl (C=O) groups excluding carboxylic acids is 1. The Morgan fingerprint density at radius 3 is 2.41 bits per heavy atom. The van der Waals surface area contributed by atoms with Gasteiger partial charge in [-0.2, -0.15) is 0 Å². The van der Waals surface area contributed by atoms with Crippen molar-refractivity contribution in [2.45, 2.75) is 11.8 Å². The molecule has 0 saturated heterocycles. The molecule has 0 aliphatic heterocycles. The largest absolute Gasteiger partial charge is 0.497 e. The second-order valence-electron chi connectivity index (χ2n) is 5.27. The van der Waals surface area contributed by atoms with E-state index in [0.717, 1.165) is 10.4 Å². The molecule has 0 fully saturated rings. The summed E-state index contributed by atoms with van der Waals surface area (Å²) in [6.45, 7) is 1.04. The molecule has 0 bridgehead atoms. The van der Waals surface area contributed by atoms with Gasteiger partial charge in [0.25, 0.3) is 15.7 Å². The zero-order chi connectivity index (χ0) is 20.0. The summed E-state index contributed by atoms with van der Waals surface area (Å²) >= 11 is 0. The minimum absolute atomic E-state index is 0.0203. The van der Waals surface area contributed by atoms with Crippen molar-refractivity contribution < 1.29 is 27.6 Å². The summed E-state index contributed by atoms with van der Waals surface area (Å²) in [6.07, 6.45) is 0. The fourth-order valence-corrected chi connectivity index (χ4v) is 3.68. The van der Waals surface area contributed by atoms with Gasteiger partial charge in [0.1, 0.15) is 12.3 Å². The van der Waals surface area contributed by atoms with E-state index in [1.54, 1.807) is 6.92 Å². The van der Waals surface area contributed by atoms with Crippen LogP contribution in [0.4, 0.5) is 11.4 Å². The molecule has 10 heteroatoms. The number of benzene rings is 2. The summed E-state index contributed by atoms with van der Waals surface area (Å²) in [5, 5.41) is 11.0. The summed E-state index contributed by atoms with van der Waals surface area (Å²) in [7, 11) is -2.74. The lowest BCUT2D eigenvalue weighted by Gasteiger charge is -2.23. The van der Waals surface area contributed by atoms with Crippen LogP contribution in [-0.2, 0) is 19.6 Å². The number of methoxy groups -OCH3 is 1. The van der Waals surface area contributed by atoms with E-state index in [0.29, 0.717) is 5.75 Å². The van der Waals surface area contributed by atoms with Crippen molar-refractivity contribution in [2.24, 2.45) is 0 Å². The summed E-state index contributed by atoms with van der Waals surface area (Å²) < 4.78 is 36.7. The maximum absolute atomic E-state index is 13.1. The molecule has 27 heavy (non-hydrogen) atoms. The third-order valence-electron chi connectivity index (χ3n) is 3.55. The molecule has 0 radical (unpaired) electrons. The van der Waals surface area contributed by atoms with Crippen LogP contribution in [-0.4, -0.2) is 39.6 Å². The van der Waals surface area contributed by atoms with E-state index in [2.05, 4.69) is 0 Å². The molecule has 0 spiro atoms. The Morgan fingerprint density at radius 1 is 1.19 bits per heavy atom. The van der Waals surface area contributed by atoms with Gasteiger partial charge >= 0.3 is 5.97 Å². The first-order valence-corrected chi connectivity index (χ1v) is 9.30. The number of nitro benzene ring substituents is 1. The molecule has 2 aromatic carbocycles. The van der Waals surface area contributed by atoms with Crippen LogP contribution >= 0.6 is 0 Å². The quantitative estimate of drug-likeness (QED) is 0.383. The van der Waals surface area contributed by atoms with Gasteiger partial charge in [-0.15, -0.1) is 0 Å². The molecule has 0 N–H and O–H groups in total. The van der Waals surface area contributed by atoms with Gasteiger partial charge in [0, 0.05) is 12.1 Å². The highest BCUT2D eigenvalue weighted by Gasteiger charge is 2.28. The van der Waals surface area contributed by atoms with Gasteiger partial charge in [-0.25, -0.2) is 8.42 Å². The lowest BCUT2D eigenvalue weighted by molar-refractivity contribution is -0.384. The molecule has 0 heterocycles. The van der Waals surface area contributed by atoms with Crippen molar-refractivity contribution in [3.63, 3.8) is 0 Å². The van der Waals surface area contributed by atoms with E-state index in [9.17, 15) is 23.3 Å². The SMILES string of the molecule is CCOC(=O)CN(c1cccc([N+](=O)[O-])c1)S(=O)(=O)c1ccc(OC)cc1. The predicted octanol–water partition coefficient (Wildman–Crippen LogP) is 2.36. The lowest BCUT2D eigenvalue weighted by atomic mass is 10.3. The first-order chi connectivity index (χ1) is 12.8. The van der Waals surface area contributed by atoms with Crippen LogP contribution in [0.2, 0.25) is 0 Å². The zero-order valence-electron chi connectivity index (χ0n) is 14.7. The second-order valence-corrected chi connectivity index (χ2v) is 7.13. The fraction of sp³-hybridized carbons (Fsp3) is 0.235. The molecule has 0 amide bonds. The average molecular weight is 394 g/mol. The number of hydrogen-bond donors (Lipinski definition) is 0. The topological polar surface area (TPSA) is 116 Å². The van der Waals surface area contributed by atoms with Crippen molar-refractivity contribution in [1.29, 1.82) is 0 Å². The number of non-ortho nitro benzene ring substituents is 1. The van der Waals surface area contributed by atoms with E-state index in [1.165, 1.54) is 49.6 Å². The van der Waals surface area contributed by atoms with Crippen LogP contribution in [0.1, 0.15) is 6.92 Å². The number of rotatable bonds is 8. The molecule has 0 atom stereocenters. The molecule has 9 nitrogen and oxygen atoms in total. The lowest BCUT2D eigenvalue weighted by Crippen LogP contribution is -2.36. The van der Waals surface area contributed by atoms with E-state index in [-0.39, 0.29) is 22.9 Å². The molecular formula is C17H18N2O7S. The van der Waals surface area contributed by atoms with Crippen molar-refractivity contribution in [3.8, 4) is 5.75 Å². The van der Waals surface area contributed by atoms with Crippen LogP contribution in [0.3, 0.4) is 0 Å². The highest BCUT2D eigenvalue weighted by Crippen LogP contribution is 2.27. The second kappa shape index (κ2) is 8.49. The van der Waals surface area contributed by atoms with Gasteiger partial charge in [0.05, 0.1) is 29.2 Å². The fourth-order valence-electron chi connectivity index (χ4n) is 2.28. The minimum atomic E-state index is -4.18. The smallest absolute Gasteiger partial charge is 0.326 e. The highest BCUT2D eigenvalue weighted by atomic mass is 32.2. The zero-order valence-corrected chi connectivity index (χ0v) is 15.5. The van der Waals surface area contributed by atoms with Crippen LogP contribution in [0.5, 0.6) is 5.75 Å². The standard InChI is InChI=1S/C17H18N2O7S/c1-3-26-17(20)12-18(13-5-4-6-14(11-13)19(21)22)27(23,24)16-9-7-15(25-2)8-10-16/h4-11H,3,12H2,1-2H3. The molecule has 0 unspecified atom stereocenters. The Bertz CT molecular complexity index is 927. The number of nitrogens with zero attached hydrogens (tertiary/aromatic N) is 2. The number of anilines is 1. The third-order valence-corrected chi connectivity index (χ3v) is 5.34. The molecule has 0 saturated carbocycles. The highest BCUT2D eigenvalue weighted by molar-refractivity contribution is 7.92. The van der Waals surface area contributed by atoms with E-state index >= 15 is 0 Å². The molecule has 2 aromatic rings. The first-order valence-electron chi connectivity index (χ1n) is 7.86. The van der Waals surface area contributed by atoms with Crippen molar-refractivity contribution in [3.05, 3.63) is 58.6 Å². The van der Waals surface area contributed by atoms with Gasteiger partial charge < -0.3 is 9.47 Å². The van der Waals surface area contributed by atoms with Crippen molar-refractivity contribution >= 4 is 27.4 Å². The van der Waals surface area contributed by atoms with Gasteiger partial charge in [-0.05, 0) is 37.3 Å². The Kier molecular flexibility index (Phi) is 6.35. The molecule has 144 valence electrons. The summed E-state index contributed by atoms with van der Waals surface area (Å²) in [5.74, 6) is -0.317. The summed E-state index contributed by atoms with van der Waals surface area (Å²) in [4.78, 5) is 22.2. The Labute approximate surface area is 156 Å². The van der Waals surface area contributed by atoms with E-state index in [1.807, 2.05) is 0 Å².